The number of likely N-dealkylation sites (tertiary alicyclic amines) is 1. The maximum absolute atomic E-state index is 10.6. The van der Waals surface area contributed by atoms with Crippen LogP contribution in [0, 0.1) is 5.92 Å². The van der Waals surface area contributed by atoms with Gasteiger partial charge >= 0.3 is 12.1 Å². The number of hydrogen-bond acceptors (Lipinski definition) is 5. The minimum absolute atomic E-state index is 0.259. The molecule has 0 radical (unpaired) electrons. The lowest BCUT2D eigenvalue weighted by Gasteiger charge is -2.16. The Bertz CT molecular complexity index is 796. The van der Waals surface area contributed by atoms with Gasteiger partial charge < -0.3 is 15.3 Å². The van der Waals surface area contributed by atoms with E-state index < -0.39 is 12.1 Å². The van der Waals surface area contributed by atoms with E-state index in [1.165, 1.54) is 0 Å². The van der Waals surface area contributed by atoms with E-state index in [4.69, 9.17) is 31.7 Å². The predicted molar refractivity (Wildman–Crippen MR) is 97.7 cm³/mol. The van der Waals surface area contributed by atoms with Crippen LogP contribution in [0.1, 0.15) is 19.0 Å². The van der Waals surface area contributed by atoms with Gasteiger partial charge in [-0.3, -0.25) is 4.90 Å². The molecule has 0 saturated carbocycles. The smallest absolute Gasteiger partial charge is 0.475 e. The molecule has 6 nitrogen and oxygen atoms in total. The zero-order valence-electron chi connectivity index (χ0n) is 15.1. The summed E-state index contributed by atoms with van der Waals surface area (Å²) in [4.78, 5) is 15.8. The Morgan fingerprint density at radius 1 is 1.50 bits per heavy atom. The SMILES string of the molecule is CC(N)C1CCN(Cc2coc(-c3cccc(Cl)c3)n2)C1.O=C(O)C(F)(F)F. The van der Waals surface area contributed by atoms with Gasteiger partial charge in [-0.25, -0.2) is 9.78 Å². The molecule has 0 aliphatic carbocycles. The number of alkyl halides is 3. The molecule has 0 amide bonds. The van der Waals surface area contributed by atoms with Gasteiger partial charge in [-0.2, -0.15) is 13.2 Å². The largest absolute Gasteiger partial charge is 0.490 e. The molecule has 1 fully saturated rings. The molecule has 2 atom stereocenters. The van der Waals surface area contributed by atoms with Gasteiger partial charge in [0.2, 0.25) is 5.89 Å². The summed E-state index contributed by atoms with van der Waals surface area (Å²) in [6.07, 6.45) is -2.19. The Morgan fingerprint density at radius 2 is 2.18 bits per heavy atom. The van der Waals surface area contributed by atoms with Crippen molar-refractivity contribution in [3.63, 3.8) is 0 Å². The number of rotatable bonds is 4. The lowest BCUT2D eigenvalue weighted by Crippen LogP contribution is -2.29. The Hall–Kier alpha value is -2.10. The van der Waals surface area contributed by atoms with Gasteiger partial charge in [0.25, 0.3) is 0 Å². The van der Waals surface area contributed by atoms with Crippen LogP contribution < -0.4 is 5.73 Å². The molecule has 1 aliphatic rings. The highest BCUT2D eigenvalue weighted by molar-refractivity contribution is 6.30. The lowest BCUT2D eigenvalue weighted by atomic mass is 10.0. The van der Waals surface area contributed by atoms with Crippen LogP contribution in [0.4, 0.5) is 13.2 Å². The van der Waals surface area contributed by atoms with Crippen molar-refractivity contribution in [1.82, 2.24) is 9.88 Å². The molecular weight excluding hydrogens is 399 g/mol. The summed E-state index contributed by atoms with van der Waals surface area (Å²) in [5.74, 6) is -1.55. The second kappa shape index (κ2) is 9.40. The van der Waals surface area contributed by atoms with Gasteiger partial charge in [-0.15, -0.1) is 0 Å². The number of nitrogens with two attached hydrogens (primary N) is 1. The van der Waals surface area contributed by atoms with Gasteiger partial charge in [0.15, 0.2) is 0 Å². The van der Waals surface area contributed by atoms with E-state index in [-0.39, 0.29) is 6.04 Å². The summed E-state index contributed by atoms with van der Waals surface area (Å²) < 4.78 is 37.3. The van der Waals surface area contributed by atoms with E-state index in [0.29, 0.717) is 16.8 Å². The summed E-state index contributed by atoms with van der Waals surface area (Å²) in [6.45, 7) is 5.01. The van der Waals surface area contributed by atoms with Crippen LogP contribution in [0.25, 0.3) is 11.5 Å². The Morgan fingerprint density at radius 3 is 2.71 bits per heavy atom. The van der Waals surface area contributed by atoms with Gasteiger partial charge in [0.05, 0.1) is 5.69 Å². The number of oxazole rings is 1. The molecule has 1 saturated heterocycles. The van der Waals surface area contributed by atoms with E-state index in [0.717, 1.165) is 37.3 Å². The van der Waals surface area contributed by atoms with Crippen molar-refractivity contribution in [1.29, 1.82) is 0 Å². The first kappa shape index (κ1) is 22.2. The van der Waals surface area contributed by atoms with E-state index in [2.05, 4.69) is 16.8 Å². The number of carbonyl (C=O) groups is 1. The van der Waals surface area contributed by atoms with Crippen LogP contribution in [0.3, 0.4) is 0 Å². The highest BCUT2D eigenvalue weighted by Crippen LogP contribution is 2.24. The molecule has 3 rings (SSSR count). The maximum Gasteiger partial charge on any atom is 0.490 e. The standard InChI is InChI=1S/C16H20ClN3O.C2HF3O2/c1-11(18)13-5-6-20(8-13)9-15-10-21-16(19-15)12-3-2-4-14(17)7-12;3-2(4,5)1(6)7/h2-4,7,10-11,13H,5-6,8-9,18H2,1H3;(H,6,7). The lowest BCUT2D eigenvalue weighted by molar-refractivity contribution is -0.192. The first-order valence-corrected chi connectivity index (χ1v) is 8.92. The van der Waals surface area contributed by atoms with Crippen molar-refractivity contribution in [2.45, 2.75) is 32.1 Å². The molecule has 0 bridgehead atoms. The number of nitrogens with zero attached hydrogens (tertiary/aromatic N) is 2. The summed E-state index contributed by atoms with van der Waals surface area (Å²) in [5, 5.41) is 7.81. The minimum atomic E-state index is -5.08. The van der Waals surface area contributed by atoms with Crippen molar-refractivity contribution in [2.24, 2.45) is 11.7 Å². The molecule has 1 aromatic carbocycles. The first-order valence-electron chi connectivity index (χ1n) is 8.54. The van der Waals surface area contributed by atoms with Crippen molar-refractivity contribution < 1.29 is 27.5 Å². The number of benzene rings is 1. The zero-order valence-corrected chi connectivity index (χ0v) is 15.9. The zero-order chi connectivity index (χ0) is 20.9. The van der Waals surface area contributed by atoms with E-state index in [1.54, 1.807) is 6.26 Å². The summed E-state index contributed by atoms with van der Waals surface area (Å²) in [6, 6.07) is 7.81. The van der Waals surface area contributed by atoms with Gasteiger partial charge in [0.1, 0.15) is 6.26 Å². The van der Waals surface area contributed by atoms with Crippen molar-refractivity contribution >= 4 is 17.6 Å². The van der Waals surface area contributed by atoms with Gasteiger partial charge in [-0.05, 0) is 44.0 Å². The molecule has 2 unspecified atom stereocenters. The molecule has 28 heavy (non-hydrogen) atoms. The van der Waals surface area contributed by atoms with Crippen molar-refractivity contribution in [2.75, 3.05) is 13.1 Å². The van der Waals surface area contributed by atoms with Crippen LogP contribution in [0.2, 0.25) is 5.02 Å². The topological polar surface area (TPSA) is 92.6 Å². The third-order valence-electron chi connectivity index (χ3n) is 4.30. The quantitative estimate of drug-likeness (QED) is 0.783. The fourth-order valence-corrected chi connectivity index (χ4v) is 2.99. The van der Waals surface area contributed by atoms with Crippen LogP contribution in [-0.2, 0) is 11.3 Å². The molecule has 3 N–H and O–H groups in total. The number of aromatic nitrogens is 1. The minimum Gasteiger partial charge on any atom is -0.475 e. The van der Waals surface area contributed by atoms with Crippen molar-refractivity contribution in [3.05, 3.63) is 41.2 Å². The van der Waals surface area contributed by atoms with Crippen LogP contribution >= 0.6 is 11.6 Å². The molecule has 2 aromatic rings. The molecule has 10 heteroatoms. The molecule has 1 aromatic heterocycles. The van der Waals surface area contributed by atoms with E-state index in [9.17, 15) is 13.2 Å². The highest BCUT2D eigenvalue weighted by atomic mass is 35.5. The monoisotopic (exact) mass is 419 g/mol. The van der Waals surface area contributed by atoms with Crippen molar-refractivity contribution in [3.8, 4) is 11.5 Å². The predicted octanol–water partition coefficient (Wildman–Crippen LogP) is 3.80. The average molecular weight is 420 g/mol. The number of halogens is 4. The maximum atomic E-state index is 10.6. The van der Waals surface area contributed by atoms with Gasteiger partial charge in [0, 0.05) is 29.7 Å². The van der Waals surface area contributed by atoms with E-state index in [1.807, 2.05) is 24.3 Å². The molecule has 1 aliphatic heterocycles. The number of hydrogen-bond donors (Lipinski definition) is 2. The summed E-state index contributed by atoms with van der Waals surface area (Å²) >= 11 is 6.00. The number of carboxylic acids is 1. The van der Waals surface area contributed by atoms with E-state index >= 15 is 0 Å². The molecule has 154 valence electrons. The van der Waals surface area contributed by atoms with Crippen LogP contribution in [0.5, 0.6) is 0 Å². The Labute approximate surface area is 165 Å². The molecule has 0 spiro atoms. The normalized spacial score (nSPS) is 18.4. The Balaban J connectivity index is 0.000000345. The average Bonchev–Trinajstić information content (AvgIpc) is 3.24. The molecule has 2 heterocycles. The summed E-state index contributed by atoms with van der Waals surface area (Å²) in [7, 11) is 0. The summed E-state index contributed by atoms with van der Waals surface area (Å²) in [5.41, 5.74) is 7.83. The van der Waals surface area contributed by atoms with Gasteiger partial charge in [-0.1, -0.05) is 17.7 Å². The highest BCUT2D eigenvalue weighted by Gasteiger charge is 2.38. The second-order valence-corrected chi connectivity index (χ2v) is 7.04. The Kier molecular flexibility index (Phi) is 7.45. The fraction of sp³-hybridized carbons (Fsp3) is 0.444. The third kappa shape index (κ3) is 6.50. The second-order valence-electron chi connectivity index (χ2n) is 6.60. The number of aliphatic carboxylic acids is 1. The third-order valence-corrected chi connectivity index (χ3v) is 4.54. The molecular formula is C18H21ClF3N3O3. The van der Waals surface area contributed by atoms with Crippen LogP contribution in [0.15, 0.2) is 34.9 Å². The van der Waals surface area contributed by atoms with Crippen LogP contribution in [-0.4, -0.2) is 46.3 Å². The fourth-order valence-electron chi connectivity index (χ4n) is 2.80. The first-order chi connectivity index (χ1) is 13.1. The number of carboxylic acid groups (broad SMARTS) is 1.